The predicted octanol–water partition coefficient (Wildman–Crippen LogP) is 2.69. The molecule has 2 atom stereocenters. The molecule has 2 aromatic rings. The lowest BCUT2D eigenvalue weighted by atomic mass is 9.98. The van der Waals surface area contributed by atoms with Crippen LogP contribution in [0.4, 0.5) is 4.39 Å². The maximum Gasteiger partial charge on any atom is 0.134 e. The van der Waals surface area contributed by atoms with E-state index < -0.39 is 0 Å². The first-order valence-electron chi connectivity index (χ1n) is 9.96. The Kier molecular flexibility index (Phi) is 6.08. The van der Waals surface area contributed by atoms with Gasteiger partial charge in [0.1, 0.15) is 11.6 Å². The van der Waals surface area contributed by atoms with Gasteiger partial charge in [0.15, 0.2) is 0 Å². The van der Waals surface area contributed by atoms with Crippen LogP contribution in [0.2, 0.25) is 0 Å². The standard InChI is InChI=1S/C22H27FN4O2/c1-24-12-19-15(21-13-25-8-9-29-21)6-7-17(27-19)18-10-14(11-26-18)22-16(23)4-3-5-20(22)28-2/h3-7,11,18,21,24-26H,8-10,12-13H2,1-2H3. The summed E-state index contributed by atoms with van der Waals surface area (Å²) in [6.45, 7) is 3.03. The van der Waals surface area contributed by atoms with E-state index in [-0.39, 0.29) is 18.0 Å². The van der Waals surface area contributed by atoms with Crippen molar-refractivity contribution in [2.75, 3.05) is 33.9 Å². The fourth-order valence-electron chi connectivity index (χ4n) is 3.98. The molecule has 2 aliphatic rings. The summed E-state index contributed by atoms with van der Waals surface area (Å²) >= 11 is 0. The summed E-state index contributed by atoms with van der Waals surface area (Å²) in [5, 5.41) is 9.93. The number of nitrogens with one attached hydrogen (secondary N) is 3. The second kappa shape index (κ2) is 8.90. The normalized spacial score (nSPS) is 21.6. The average Bonchev–Trinajstić information content (AvgIpc) is 3.24. The zero-order chi connectivity index (χ0) is 20.2. The maximum atomic E-state index is 14.4. The SMILES string of the molecule is CNCc1nc(C2CC(c3c(F)cccc3OC)=CN2)ccc1C1CNCCO1. The van der Waals surface area contributed by atoms with Crippen molar-refractivity contribution in [3.63, 3.8) is 0 Å². The Labute approximate surface area is 170 Å². The highest BCUT2D eigenvalue weighted by Crippen LogP contribution is 2.37. The minimum atomic E-state index is -0.279. The van der Waals surface area contributed by atoms with E-state index in [1.807, 2.05) is 19.3 Å². The summed E-state index contributed by atoms with van der Waals surface area (Å²) in [6.07, 6.45) is 2.53. The monoisotopic (exact) mass is 398 g/mol. The predicted molar refractivity (Wildman–Crippen MR) is 110 cm³/mol. The van der Waals surface area contributed by atoms with E-state index in [1.165, 1.54) is 6.07 Å². The van der Waals surface area contributed by atoms with Gasteiger partial charge in [-0.15, -0.1) is 0 Å². The van der Waals surface area contributed by atoms with Gasteiger partial charge in [-0.1, -0.05) is 12.1 Å². The summed E-state index contributed by atoms with van der Waals surface area (Å²) in [7, 11) is 3.47. The van der Waals surface area contributed by atoms with Gasteiger partial charge in [-0.2, -0.15) is 0 Å². The van der Waals surface area contributed by atoms with Crippen LogP contribution in [0.5, 0.6) is 5.75 Å². The molecule has 7 heteroatoms. The van der Waals surface area contributed by atoms with Crippen molar-refractivity contribution in [2.45, 2.75) is 25.1 Å². The van der Waals surface area contributed by atoms with Crippen molar-refractivity contribution < 1.29 is 13.9 Å². The first kappa shape index (κ1) is 19.8. The second-order valence-corrected chi connectivity index (χ2v) is 7.28. The maximum absolute atomic E-state index is 14.4. The minimum absolute atomic E-state index is 0.00984. The van der Waals surface area contributed by atoms with E-state index in [1.54, 1.807) is 19.2 Å². The number of hydrogen-bond acceptors (Lipinski definition) is 6. The molecule has 0 saturated carbocycles. The minimum Gasteiger partial charge on any atom is -0.496 e. The number of hydrogen-bond donors (Lipinski definition) is 3. The molecular weight excluding hydrogens is 371 g/mol. The van der Waals surface area contributed by atoms with Gasteiger partial charge in [0.05, 0.1) is 42.8 Å². The number of pyridine rings is 1. The molecule has 3 heterocycles. The van der Waals surface area contributed by atoms with Crippen LogP contribution in [0.1, 0.15) is 41.1 Å². The molecule has 0 spiro atoms. The van der Waals surface area contributed by atoms with Gasteiger partial charge in [0.2, 0.25) is 0 Å². The van der Waals surface area contributed by atoms with Crippen LogP contribution in [0.15, 0.2) is 36.5 Å². The van der Waals surface area contributed by atoms with Gasteiger partial charge in [0.25, 0.3) is 0 Å². The smallest absolute Gasteiger partial charge is 0.134 e. The Morgan fingerprint density at radius 2 is 2.21 bits per heavy atom. The quantitative estimate of drug-likeness (QED) is 0.695. The summed E-state index contributed by atoms with van der Waals surface area (Å²) in [6, 6.07) is 9.04. The summed E-state index contributed by atoms with van der Waals surface area (Å²) in [5.74, 6) is 0.263. The molecule has 1 fully saturated rings. The molecule has 1 aromatic heterocycles. The molecule has 0 aliphatic carbocycles. The van der Waals surface area contributed by atoms with E-state index in [2.05, 4.69) is 22.0 Å². The Bertz CT molecular complexity index is 896. The van der Waals surface area contributed by atoms with E-state index >= 15 is 0 Å². The topological polar surface area (TPSA) is 67.4 Å². The molecule has 3 N–H and O–H groups in total. The Balaban J connectivity index is 1.56. The first-order chi connectivity index (χ1) is 14.2. The number of ether oxygens (including phenoxy) is 2. The van der Waals surface area contributed by atoms with Crippen molar-refractivity contribution in [1.29, 1.82) is 0 Å². The lowest BCUT2D eigenvalue weighted by Crippen LogP contribution is -2.34. The number of morpholine rings is 1. The molecule has 2 unspecified atom stereocenters. The molecule has 2 aliphatic heterocycles. The third kappa shape index (κ3) is 4.12. The number of rotatable bonds is 6. The number of halogens is 1. The number of nitrogens with zero attached hydrogens (tertiary/aromatic N) is 1. The molecule has 0 radical (unpaired) electrons. The highest BCUT2D eigenvalue weighted by molar-refractivity contribution is 5.73. The van der Waals surface area contributed by atoms with Crippen LogP contribution < -0.4 is 20.7 Å². The van der Waals surface area contributed by atoms with Crippen molar-refractivity contribution in [3.8, 4) is 5.75 Å². The van der Waals surface area contributed by atoms with Gasteiger partial charge < -0.3 is 25.4 Å². The molecular formula is C22H27FN4O2. The van der Waals surface area contributed by atoms with Gasteiger partial charge in [0, 0.05) is 37.8 Å². The lowest BCUT2D eigenvalue weighted by molar-refractivity contribution is 0.0268. The van der Waals surface area contributed by atoms with Crippen LogP contribution in [0.25, 0.3) is 5.57 Å². The van der Waals surface area contributed by atoms with E-state index in [4.69, 9.17) is 14.5 Å². The van der Waals surface area contributed by atoms with Gasteiger partial charge in [-0.05, 0) is 30.8 Å². The Hall–Kier alpha value is -2.48. The molecule has 0 amide bonds. The van der Waals surface area contributed by atoms with E-state index in [9.17, 15) is 4.39 Å². The average molecular weight is 398 g/mol. The van der Waals surface area contributed by atoms with Crippen LogP contribution >= 0.6 is 0 Å². The van der Waals surface area contributed by atoms with Crippen molar-refractivity contribution in [3.05, 3.63) is 64.9 Å². The molecule has 1 saturated heterocycles. The Morgan fingerprint density at radius 3 is 2.97 bits per heavy atom. The molecule has 29 heavy (non-hydrogen) atoms. The molecule has 1 aromatic carbocycles. The molecule has 4 rings (SSSR count). The number of aromatic nitrogens is 1. The molecule has 6 nitrogen and oxygen atoms in total. The van der Waals surface area contributed by atoms with Crippen molar-refractivity contribution in [2.24, 2.45) is 0 Å². The number of methoxy groups -OCH3 is 1. The highest BCUT2D eigenvalue weighted by Gasteiger charge is 2.26. The molecule has 154 valence electrons. The first-order valence-corrected chi connectivity index (χ1v) is 9.96. The van der Waals surface area contributed by atoms with Crippen molar-refractivity contribution in [1.82, 2.24) is 20.9 Å². The fourth-order valence-corrected chi connectivity index (χ4v) is 3.98. The zero-order valence-corrected chi connectivity index (χ0v) is 16.8. The summed E-state index contributed by atoms with van der Waals surface area (Å²) in [4.78, 5) is 4.92. The van der Waals surface area contributed by atoms with E-state index in [0.29, 0.717) is 30.9 Å². The lowest BCUT2D eigenvalue weighted by Gasteiger charge is -2.26. The second-order valence-electron chi connectivity index (χ2n) is 7.28. The van der Waals surface area contributed by atoms with Gasteiger partial charge in [-0.3, -0.25) is 4.98 Å². The van der Waals surface area contributed by atoms with Crippen LogP contribution in [-0.2, 0) is 11.3 Å². The van der Waals surface area contributed by atoms with Crippen LogP contribution in [0.3, 0.4) is 0 Å². The highest BCUT2D eigenvalue weighted by atomic mass is 19.1. The van der Waals surface area contributed by atoms with Crippen LogP contribution in [0, 0.1) is 5.82 Å². The largest absolute Gasteiger partial charge is 0.496 e. The van der Waals surface area contributed by atoms with Crippen LogP contribution in [-0.4, -0.2) is 38.8 Å². The fraction of sp³-hybridized carbons (Fsp3) is 0.409. The third-order valence-electron chi connectivity index (χ3n) is 5.41. The van der Waals surface area contributed by atoms with E-state index in [0.717, 1.165) is 35.6 Å². The summed E-state index contributed by atoms with van der Waals surface area (Å²) < 4.78 is 25.7. The Morgan fingerprint density at radius 1 is 1.31 bits per heavy atom. The third-order valence-corrected chi connectivity index (χ3v) is 5.41. The van der Waals surface area contributed by atoms with Gasteiger partial charge >= 0.3 is 0 Å². The van der Waals surface area contributed by atoms with Crippen molar-refractivity contribution >= 4 is 5.57 Å². The zero-order valence-electron chi connectivity index (χ0n) is 16.8. The van der Waals surface area contributed by atoms with Gasteiger partial charge in [-0.25, -0.2) is 4.39 Å². The molecule has 0 bridgehead atoms. The number of benzene rings is 1. The summed E-state index contributed by atoms with van der Waals surface area (Å²) in [5.41, 5.74) is 4.42.